The molecule has 0 bridgehead atoms. The number of nitrogens with one attached hydrogen (secondary N) is 1. The molecule has 0 aliphatic rings. The largest absolute Gasteiger partial charge is 0.307 e. The number of benzene rings is 1. The summed E-state index contributed by atoms with van der Waals surface area (Å²) in [5.74, 6) is 0.733. The third-order valence-electron chi connectivity index (χ3n) is 3.31. The van der Waals surface area contributed by atoms with Crippen LogP contribution in [-0.2, 0) is 0 Å². The van der Waals surface area contributed by atoms with E-state index in [4.69, 9.17) is 0 Å². The first-order valence-electron chi connectivity index (χ1n) is 5.96. The molecule has 1 nitrogen and oxygen atoms in total. The highest BCUT2D eigenvalue weighted by molar-refractivity contribution is 5.18. The molecule has 0 radical (unpaired) electrons. The molecule has 1 N–H and O–H groups in total. The van der Waals surface area contributed by atoms with E-state index < -0.39 is 0 Å². The highest BCUT2D eigenvalue weighted by Crippen LogP contribution is 2.15. The van der Waals surface area contributed by atoms with Crippen LogP contribution in [0.5, 0.6) is 0 Å². The van der Waals surface area contributed by atoms with Gasteiger partial charge in [-0.3, -0.25) is 0 Å². The second kappa shape index (κ2) is 5.92. The van der Waals surface area contributed by atoms with Gasteiger partial charge in [0, 0.05) is 12.1 Å². The smallest absolute Gasteiger partial charge is 0.0294 e. The lowest BCUT2D eigenvalue weighted by Crippen LogP contribution is -2.33. The van der Waals surface area contributed by atoms with Gasteiger partial charge in [-0.1, -0.05) is 50.6 Å². The van der Waals surface area contributed by atoms with Crippen molar-refractivity contribution >= 4 is 0 Å². The van der Waals surface area contributed by atoms with E-state index in [1.807, 2.05) is 0 Å². The highest BCUT2D eigenvalue weighted by Gasteiger charge is 2.13. The molecule has 0 fully saturated rings. The van der Waals surface area contributed by atoms with Crippen LogP contribution in [0.15, 0.2) is 30.3 Å². The first kappa shape index (κ1) is 12.3. The maximum atomic E-state index is 3.65. The van der Waals surface area contributed by atoms with Crippen LogP contribution in [-0.4, -0.2) is 6.04 Å². The summed E-state index contributed by atoms with van der Waals surface area (Å²) in [4.78, 5) is 0. The van der Waals surface area contributed by atoms with Gasteiger partial charge in [0.05, 0.1) is 0 Å². The molecular formula is C14H23N. The van der Waals surface area contributed by atoms with Crippen molar-refractivity contribution in [2.75, 3.05) is 0 Å². The van der Waals surface area contributed by atoms with Crippen LogP contribution in [0.1, 0.15) is 45.7 Å². The monoisotopic (exact) mass is 205 g/mol. The van der Waals surface area contributed by atoms with Crippen molar-refractivity contribution in [2.24, 2.45) is 5.92 Å². The number of rotatable bonds is 5. The first-order chi connectivity index (χ1) is 7.15. The molecule has 1 rings (SSSR count). The molecule has 0 aliphatic carbocycles. The van der Waals surface area contributed by atoms with E-state index in [1.165, 1.54) is 12.0 Å². The molecular weight excluding hydrogens is 182 g/mol. The van der Waals surface area contributed by atoms with Crippen molar-refractivity contribution in [2.45, 2.75) is 46.2 Å². The van der Waals surface area contributed by atoms with E-state index >= 15 is 0 Å². The highest BCUT2D eigenvalue weighted by atomic mass is 14.9. The van der Waals surface area contributed by atoms with Crippen molar-refractivity contribution in [1.29, 1.82) is 0 Å². The molecule has 1 aromatic carbocycles. The van der Waals surface area contributed by atoms with Crippen LogP contribution < -0.4 is 5.32 Å². The minimum Gasteiger partial charge on any atom is -0.307 e. The summed E-state index contributed by atoms with van der Waals surface area (Å²) >= 11 is 0. The van der Waals surface area contributed by atoms with Gasteiger partial charge < -0.3 is 5.32 Å². The Bertz CT molecular complexity index is 268. The molecule has 0 aliphatic heterocycles. The van der Waals surface area contributed by atoms with Gasteiger partial charge in [-0.25, -0.2) is 0 Å². The Morgan fingerprint density at radius 1 is 1.07 bits per heavy atom. The van der Waals surface area contributed by atoms with Gasteiger partial charge in [-0.2, -0.15) is 0 Å². The maximum absolute atomic E-state index is 3.65. The summed E-state index contributed by atoms with van der Waals surface area (Å²) in [5.41, 5.74) is 1.37. The van der Waals surface area contributed by atoms with Crippen LogP contribution in [0.25, 0.3) is 0 Å². The Hall–Kier alpha value is -0.820. The van der Waals surface area contributed by atoms with Crippen molar-refractivity contribution < 1.29 is 0 Å². The Morgan fingerprint density at radius 3 is 2.20 bits per heavy atom. The zero-order valence-electron chi connectivity index (χ0n) is 10.3. The van der Waals surface area contributed by atoms with E-state index in [1.54, 1.807) is 0 Å². The SMILES string of the molecule is CCC(C)C(C)NC(C)c1ccccc1. The topological polar surface area (TPSA) is 12.0 Å². The van der Waals surface area contributed by atoms with Crippen LogP contribution in [0.3, 0.4) is 0 Å². The summed E-state index contributed by atoms with van der Waals surface area (Å²) in [7, 11) is 0. The van der Waals surface area contributed by atoms with E-state index in [9.17, 15) is 0 Å². The quantitative estimate of drug-likeness (QED) is 0.771. The normalized spacial score (nSPS) is 17.1. The minimum absolute atomic E-state index is 0.440. The molecule has 0 spiro atoms. The Balaban J connectivity index is 2.52. The van der Waals surface area contributed by atoms with Crippen molar-refractivity contribution in [3.8, 4) is 0 Å². The molecule has 1 heteroatoms. The molecule has 0 heterocycles. The van der Waals surface area contributed by atoms with Crippen LogP contribution in [0.4, 0.5) is 0 Å². The van der Waals surface area contributed by atoms with Gasteiger partial charge >= 0.3 is 0 Å². The molecule has 0 amide bonds. The molecule has 84 valence electrons. The summed E-state index contributed by atoms with van der Waals surface area (Å²) in [5, 5.41) is 3.65. The number of hydrogen-bond donors (Lipinski definition) is 1. The second-order valence-electron chi connectivity index (χ2n) is 4.47. The van der Waals surface area contributed by atoms with Crippen molar-refractivity contribution in [1.82, 2.24) is 5.32 Å². The minimum atomic E-state index is 0.440. The van der Waals surface area contributed by atoms with Crippen LogP contribution in [0.2, 0.25) is 0 Å². The van der Waals surface area contributed by atoms with E-state index in [2.05, 4.69) is 63.3 Å². The molecule has 0 saturated heterocycles. The molecule has 1 aromatic rings. The van der Waals surface area contributed by atoms with Gasteiger partial charge in [0.15, 0.2) is 0 Å². The molecule has 3 unspecified atom stereocenters. The molecule has 0 aromatic heterocycles. The zero-order valence-corrected chi connectivity index (χ0v) is 10.3. The van der Waals surface area contributed by atoms with Crippen molar-refractivity contribution in [3.63, 3.8) is 0 Å². The van der Waals surface area contributed by atoms with Gasteiger partial charge in [0.2, 0.25) is 0 Å². The molecule has 0 saturated carbocycles. The lowest BCUT2D eigenvalue weighted by molar-refractivity contribution is 0.360. The van der Waals surface area contributed by atoms with Gasteiger partial charge in [-0.05, 0) is 25.3 Å². The standard InChI is InChI=1S/C14H23N/c1-5-11(2)12(3)15-13(4)14-9-7-6-8-10-14/h6-13,15H,5H2,1-4H3. The maximum Gasteiger partial charge on any atom is 0.0294 e. The van der Waals surface area contributed by atoms with E-state index in [0.717, 1.165) is 5.92 Å². The first-order valence-corrected chi connectivity index (χ1v) is 5.96. The summed E-state index contributed by atoms with van der Waals surface area (Å²) in [6.45, 7) is 9.05. The lowest BCUT2D eigenvalue weighted by atomic mass is 9.99. The fourth-order valence-corrected chi connectivity index (χ4v) is 1.75. The fraction of sp³-hybridized carbons (Fsp3) is 0.571. The third-order valence-corrected chi connectivity index (χ3v) is 3.31. The second-order valence-corrected chi connectivity index (χ2v) is 4.47. The van der Waals surface area contributed by atoms with Crippen LogP contribution >= 0.6 is 0 Å². The van der Waals surface area contributed by atoms with Gasteiger partial charge in [-0.15, -0.1) is 0 Å². The third kappa shape index (κ3) is 3.67. The van der Waals surface area contributed by atoms with Gasteiger partial charge in [0.1, 0.15) is 0 Å². The van der Waals surface area contributed by atoms with E-state index in [0.29, 0.717) is 12.1 Å². The Kier molecular flexibility index (Phi) is 4.83. The van der Waals surface area contributed by atoms with Crippen molar-refractivity contribution in [3.05, 3.63) is 35.9 Å². The average molecular weight is 205 g/mol. The predicted molar refractivity (Wildman–Crippen MR) is 66.9 cm³/mol. The Morgan fingerprint density at radius 2 is 1.67 bits per heavy atom. The zero-order chi connectivity index (χ0) is 11.3. The number of hydrogen-bond acceptors (Lipinski definition) is 1. The molecule has 15 heavy (non-hydrogen) atoms. The summed E-state index contributed by atoms with van der Waals surface area (Å²) in [6.07, 6.45) is 1.23. The fourth-order valence-electron chi connectivity index (χ4n) is 1.75. The average Bonchev–Trinajstić information content (AvgIpc) is 2.29. The predicted octanol–water partition coefficient (Wildman–Crippen LogP) is 3.77. The summed E-state index contributed by atoms with van der Waals surface area (Å²) < 4.78 is 0. The molecule has 3 atom stereocenters. The summed E-state index contributed by atoms with van der Waals surface area (Å²) in [6, 6.07) is 11.6. The lowest BCUT2D eigenvalue weighted by Gasteiger charge is -2.24. The van der Waals surface area contributed by atoms with E-state index in [-0.39, 0.29) is 0 Å². The van der Waals surface area contributed by atoms with Crippen LogP contribution in [0, 0.1) is 5.92 Å². The van der Waals surface area contributed by atoms with Gasteiger partial charge in [0.25, 0.3) is 0 Å². The Labute approximate surface area is 93.9 Å².